The highest BCUT2D eigenvalue weighted by Crippen LogP contribution is 2.25. The lowest BCUT2D eigenvalue weighted by Gasteiger charge is -2.37. The van der Waals surface area contributed by atoms with Gasteiger partial charge in [-0.25, -0.2) is 8.42 Å². The third-order valence-electron chi connectivity index (χ3n) is 4.94. The summed E-state index contributed by atoms with van der Waals surface area (Å²) in [7, 11) is -3.63. The molecule has 1 fully saturated rings. The topological polar surface area (TPSA) is 104 Å². The first kappa shape index (κ1) is 18.6. The van der Waals surface area contributed by atoms with Gasteiger partial charge < -0.3 is 10.2 Å². The molecule has 0 spiro atoms. The molecule has 1 amide bonds. The van der Waals surface area contributed by atoms with Crippen LogP contribution in [0.1, 0.15) is 24.1 Å². The van der Waals surface area contributed by atoms with E-state index >= 15 is 0 Å². The number of amides is 1. The van der Waals surface area contributed by atoms with Crippen molar-refractivity contribution in [1.29, 1.82) is 0 Å². The molecule has 0 aliphatic carbocycles. The lowest BCUT2D eigenvalue weighted by atomic mass is 10.0. The number of carbonyl (C=O) groups is 1. The highest BCUT2D eigenvalue weighted by Gasteiger charge is 2.34. The fourth-order valence-electron chi connectivity index (χ4n) is 3.56. The van der Waals surface area contributed by atoms with Gasteiger partial charge in [0.15, 0.2) is 0 Å². The number of aliphatic imine (C=N–C) groups is 1. The summed E-state index contributed by atoms with van der Waals surface area (Å²) in [6.45, 7) is 3.57. The monoisotopic (exact) mass is 399 g/mol. The maximum absolute atomic E-state index is 13.1. The maximum atomic E-state index is 13.1. The van der Waals surface area contributed by atoms with Crippen LogP contribution in [0.2, 0.25) is 0 Å². The largest absolute Gasteiger partial charge is 0.331 e. The molecule has 1 aromatic heterocycles. The molecule has 28 heavy (non-hydrogen) atoms. The van der Waals surface area contributed by atoms with Crippen LogP contribution in [0.3, 0.4) is 0 Å². The van der Waals surface area contributed by atoms with E-state index in [0.717, 1.165) is 5.56 Å². The number of aromatic nitrogens is 1. The smallest absolute Gasteiger partial charge is 0.263 e. The van der Waals surface area contributed by atoms with Gasteiger partial charge in [0.2, 0.25) is 5.91 Å². The second-order valence-electron chi connectivity index (χ2n) is 6.79. The predicted molar refractivity (Wildman–Crippen MR) is 104 cm³/mol. The Kier molecular flexibility index (Phi) is 4.86. The number of fused-ring (bicyclic) bond motifs is 1. The Balaban J connectivity index is 1.60. The Morgan fingerprint density at radius 2 is 2.11 bits per heavy atom. The Morgan fingerprint density at radius 1 is 1.29 bits per heavy atom. The molecule has 2 unspecified atom stereocenters. The number of benzene rings is 1. The minimum atomic E-state index is -3.63. The fourth-order valence-corrected chi connectivity index (χ4v) is 4.80. The van der Waals surface area contributed by atoms with Crippen molar-refractivity contribution in [3.63, 3.8) is 0 Å². The minimum Gasteiger partial charge on any atom is -0.331 e. The zero-order valence-corrected chi connectivity index (χ0v) is 16.2. The zero-order chi connectivity index (χ0) is 19.7. The van der Waals surface area contributed by atoms with E-state index in [9.17, 15) is 13.2 Å². The number of carbonyl (C=O) groups excluding carboxylic acids is 1. The van der Waals surface area contributed by atoms with E-state index in [4.69, 9.17) is 0 Å². The van der Waals surface area contributed by atoms with Crippen LogP contribution in [0.4, 0.5) is 0 Å². The Hall–Kier alpha value is -2.78. The molecule has 1 aromatic carbocycles. The summed E-state index contributed by atoms with van der Waals surface area (Å²) in [5, 5.41) is 3.30. The van der Waals surface area contributed by atoms with Gasteiger partial charge in [-0.05, 0) is 30.7 Å². The summed E-state index contributed by atoms with van der Waals surface area (Å²) in [5.41, 5.74) is 1.45. The van der Waals surface area contributed by atoms with Crippen molar-refractivity contribution in [2.75, 3.05) is 19.6 Å². The van der Waals surface area contributed by atoms with Crippen molar-refractivity contribution in [1.82, 2.24) is 19.9 Å². The molecule has 0 bridgehead atoms. The predicted octanol–water partition coefficient (Wildman–Crippen LogP) is 0.682. The average Bonchev–Trinajstić information content (AvgIpc) is 2.98. The van der Waals surface area contributed by atoms with Gasteiger partial charge in [-0.1, -0.05) is 18.2 Å². The van der Waals surface area contributed by atoms with Gasteiger partial charge in [-0.15, -0.1) is 0 Å². The first-order chi connectivity index (χ1) is 13.5. The number of pyridine rings is 1. The van der Waals surface area contributed by atoms with Crippen molar-refractivity contribution in [3.8, 4) is 0 Å². The van der Waals surface area contributed by atoms with Crippen LogP contribution in [0, 0.1) is 0 Å². The van der Waals surface area contributed by atoms with E-state index in [2.05, 4.69) is 20.0 Å². The number of hydrogen-bond donors (Lipinski definition) is 2. The SMILES string of the molecule is CC(N=C1NS(=O)(=O)c2ccccc21)C(=O)N1CCNCC1c1cccnc1. The molecule has 2 atom stereocenters. The van der Waals surface area contributed by atoms with E-state index in [1.165, 1.54) is 6.07 Å². The maximum Gasteiger partial charge on any atom is 0.263 e. The van der Waals surface area contributed by atoms with Crippen LogP contribution >= 0.6 is 0 Å². The quantitative estimate of drug-likeness (QED) is 0.790. The zero-order valence-electron chi connectivity index (χ0n) is 15.4. The summed E-state index contributed by atoms with van der Waals surface area (Å²) in [6.07, 6.45) is 3.46. The van der Waals surface area contributed by atoms with Crippen LogP contribution < -0.4 is 10.0 Å². The highest BCUT2D eigenvalue weighted by atomic mass is 32.2. The lowest BCUT2D eigenvalue weighted by molar-refractivity contribution is -0.135. The number of rotatable bonds is 3. The van der Waals surface area contributed by atoms with E-state index in [1.807, 2.05) is 12.1 Å². The summed E-state index contributed by atoms with van der Waals surface area (Å²) < 4.78 is 27.0. The molecule has 2 aromatic rings. The highest BCUT2D eigenvalue weighted by molar-refractivity contribution is 7.90. The Bertz CT molecular complexity index is 1020. The second kappa shape index (κ2) is 7.33. The lowest BCUT2D eigenvalue weighted by Crippen LogP contribution is -2.51. The third kappa shape index (κ3) is 3.38. The normalized spacial score (nSPS) is 23.1. The average molecular weight is 399 g/mol. The van der Waals surface area contributed by atoms with Crippen LogP contribution in [0.15, 0.2) is 58.7 Å². The molecule has 2 aliphatic rings. The van der Waals surface area contributed by atoms with E-state index in [1.54, 1.807) is 42.4 Å². The van der Waals surface area contributed by atoms with Crippen LogP contribution in [-0.2, 0) is 14.8 Å². The van der Waals surface area contributed by atoms with Gasteiger partial charge in [0.1, 0.15) is 11.9 Å². The molecule has 0 radical (unpaired) electrons. The Labute approximate surface area is 163 Å². The molecule has 8 nitrogen and oxygen atoms in total. The fraction of sp³-hybridized carbons (Fsp3) is 0.316. The van der Waals surface area contributed by atoms with Gasteiger partial charge >= 0.3 is 0 Å². The summed E-state index contributed by atoms with van der Waals surface area (Å²) >= 11 is 0. The van der Waals surface area contributed by atoms with Crippen molar-refractivity contribution >= 4 is 21.8 Å². The van der Waals surface area contributed by atoms with Gasteiger partial charge in [0, 0.05) is 37.6 Å². The number of nitrogens with zero attached hydrogens (tertiary/aromatic N) is 3. The van der Waals surface area contributed by atoms with Gasteiger partial charge in [-0.3, -0.25) is 19.5 Å². The minimum absolute atomic E-state index is 0.134. The van der Waals surface area contributed by atoms with Crippen molar-refractivity contribution in [3.05, 3.63) is 59.9 Å². The molecule has 9 heteroatoms. The van der Waals surface area contributed by atoms with Gasteiger partial charge in [0.25, 0.3) is 10.0 Å². The number of hydrogen-bond acceptors (Lipinski definition) is 6. The molecular formula is C19H21N5O3S. The molecule has 146 valence electrons. The number of piperazine rings is 1. The summed E-state index contributed by atoms with van der Waals surface area (Å²) in [4.78, 5) is 23.7. The van der Waals surface area contributed by atoms with E-state index < -0.39 is 16.1 Å². The summed E-state index contributed by atoms with van der Waals surface area (Å²) in [5.74, 6) is 0.0657. The Morgan fingerprint density at radius 3 is 2.89 bits per heavy atom. The second-order valence-corrected chi connectivity index (χ2v) is 8.44. The molecule has 2 aliphatic heterocycles. The molecule has 2 N–H and O–H groups in total. The number of nitrogens with one attached hydrogen (secondary N) is 2. The van der Waals surface area contributed by atoms with Crippen molar-refractivity contribution < 1.29 is 13.2 Å². The van der Waals surface area contributed by atoms with Crippen molar-refractivity contribution in [2.24, 2.45) is 4.99 Å². The molecule has 4 rings (SSSR count). The van der Waals surface area contributed by atoms with Crippen LogP contribution in [-0.4, -0.2) is 55.7 Å². The standard InChI is InChI=1S/C19H21N5O3S/c1-13(22-18-15-6-2-3-7-17(15)28(26,27)23-18)19(25)24-10-9-21-12-16(24)14-5-4-8-20-11-14/h2-8,11,13,16,21H,9-10,12H2,1H3,(H,22,23). The van der Waals surface area contributed by atoms with E-state index in [-0.39, 0.29) is 22.7 Å². The van der Waals surface area contributed by atoms with E-state index in [0.29, 0.717) is 25.2 Å². The molecular weight excluding hydrogens is 378 g/mol. The number of sulfonamides is 1. The molecule has 1 saturated heterocycles. The first-order valence-corrected chi connectivity index (χ1v) is 10.6. The van der Waals surface area contributed by atoms with Crippen LogP contribution in [0.5, 0.6) is 0 Å². The van der Waals surface area contributed by atoms with Gasteiger partial charge in [0.05, 0.1) is 10.9 Å². The molecule has 3 heterocycles. The first-order valence-electron chi connectivity index (χ1n) is 9.08. The molecule has 0 saturated carbocycles. The van der Waals surface area contributed by atoms with Gasteiger partial charge in [-0.2, -0.15) is 0 Å². The third-order valence-corrected chi connectivity index (χ3v) is 6.34. The van der Waals surface area contributed by atoms with Crippen LogP contribution in [0.25, 0.3) is 0 Å². The summed E-state index contributed by atoms with van der Waals surface area (Å²) in [6, 6.07) is 9.57. The van der Waals surface area contributed by atoms with Crippen molar-refractivity contribution in [2.45, 2.75) is 23.9 Å². The number of amidine groups is 1.